The van der Waals surface area contributed by atoms with E-state index in [9.17, 15) is 4.79 Å². The summed E-state index contributed by atoms with van der Waals surface area (Å²) in [6.45, 7) is 4.95. The normalized spacial score (nSPS) is 14.6. The number of anilines is 1. The van der Waals surface area contributed by atoms with Gasteiger partial charge in [0.1, 0.15) is 6.61 Å². The van der Waals surface area contributed by atoms with E-state index in [1.165, 1.54) is 17.3 Å². The van der Waals surface area contributed by atoms with E-state index in [1.54, 1.807) is 6.08 Å². The first-order valence-electron chi connectivity index (χ1n) is 10.9. The molecule has 4 nitrogen and oxygen atoms in total. The van der Waals surface area contributed by atoms with Crippen LogP contribution >= 0.6 is 11.6 Å². The minimum absolute atomic E-state index is 0.308. The Morgan fingerprint density at radius 1 is 0.844 bits per heavy atom. The third-order valence-electron chi connectivity index (χ3n) is 5.65. The summed E-state index contributed by atoms with van der Waals surface area (Å²) in [5.41, 5.74) is 4.50. The zero-order valence-electron chi connectivity index (χ0n) is 18.0. The second-order valence-electron chi connectivity index (χ2n) is 7.79. The van der Waals surface area contributed by atoms with Gasteiger partial charge in [0.2, 0.25) is 0 Å². The van der Waals surface area contributed by atoms with Crippen LogP contribution in [0.3, 0.4) is 0 Å². The molecule has 164 valence electrons. The number of hydrogen-bond donors (Lipinski definition) is 0. The standard InChI is InChI=1S/C27H27ClN2O2/c28-25-11-13-26(14-12-25)30-18-16-29(17-19-30)20-21-32-27(31)15-8-22-6-9-24(10-7-22)23-4-2-1-3-5-23/h1-15H,16-21H2/b15-8-. The van der Waals surface area contributed by atoms with Crippen molar-refractivity contribution >= 4 is 29.3 Å². The summed E-state index contributed by atoms with van der Waals surface area (Å²) < 4.78 is 5.39. The van der Waals surface area contributed by atoms with Gasteiger partial charge in [-0.15, -0.1) is 0 Å². The lowest BCUT2D eigenvalue weighted by Crippen LogP contribution is -2.47. The third kappa shape index (κ3) is 6.22. The molecule has 0 spiro atoms. The van der Waals surface area contributed by atoms with E-state index in [0.29, 0.717) is 6.61 Å². The average Bonchev–Trinajstić information content (AvgIpc) is 2.85. The molecule has 3 aromatic carbocycles. The molecule has 3 aromatic rings. The van der Waals surface area contributed by atoms with Crippen LogP contribution in [0.2, 0.25) is 5.02 Å². The zero-order chi connectivity index (χ0) is 22.2. The van der Waals surface area contributed by atoms with E-state index in [0.717, 1.165) is 48.9 Å². The Bertz CT molecular complexity index is 1030. The van der Waals surface area contributed by atoms with Gasteiger partial charge in [-0.1, -0.05) is 66.2 Å². The Hall–Kier alpha value is -3.08. The number of hydrogen-bond acceptors (Lipinski definition) is 4. The number of esters is 1. The molecule has 1 aliphatic heterocycles. The number of rotatable bonds is 7. The van der Waals surface area contributed by atoms with Crippen LogP contribution in [-0.4, -0.2) is 50.2 Å². The van der Waals surface area contributed by atoms with Crippen LogP contribution in [0, 0.1) is 0 Å². The van der Waals surface area contributed by atoms with E-state index in [2.05, 4.69) is 46.2 Å². The van der Waals surface area contributed by atoms with Crippen molar-refractivity contribution in [1.82, 2.24) is 4.90 Å². The maximum atomic E-state index is 12.1. The SMILES string of the molecule is O=C(/C=C\c1ccc(-c2ccccc2)cc1)OCCN1CCN(c2ccc(Cl)cc2)CC1. The molecular weight excluding hydrogens is 420 g/mol. The Balaban J connectivity index is 1.17. The van der Waals surface area contributed by atoms with E-state index in [4.69, 9.17) is 16.3 Å². The molecule has 1 fully saturated rings. The number of piperazine rings is 1. The monoisotopic (exact) mass is 446 g/mol. The van der Waals surface area contributed by atoms with Crippen molar-refractivity contribution in [3.8, 4) is 11.1 Å². The van der Waals surface area contributed by atoms with Crippen LogP contribution < -0.4 is 4.90 Å². The molecule has 0 amide bonds. The van der Waals surface area contributed by atoms with Gasteiger partial charge < -0.3 is 9.64 Å². The minimum atomic E-state index is -0.308. The summed E-state index contributed by atoms with van der Waals surface area (Å²) in [5, 5.41) is 0.757. The van der Waals surface area contributed by atoms with Crippen molar-refractivity contribution < 1.29 is 9.53 Å². The maximum Gasteiger partial charge on any atom is 0.330 e. The predicted molar refractivity (Wildman–Crippen MR) is 132 cm³/mol. The first-order valence-corrected chi connectivity index (χ1v) is 11.3. The van der Waals surface area contributed by atoms with Crippen molar-refractivity contribution in [2.75, 3.05) is 44.2 Å². The molecule has 1 heterocycles. The highest BCUT2D eigenvalue weighted by Crippen LogP contribution is 2.20. The molecule has 32 heavy (non-hydrogen) atoms. The third-order valence-corrected chi connectivity index (χ3v) is 5.90. The Morgan fingerprint density at radius 3 is 2.19 bits per heavy atom. The fraction of sp³-hybridized carbons (Fsp3) is 0.222. The van der Waals surface area contributed by atoms with Crippen molar-refractivity contribution in [1.29, 1.82) is 0 Å². The molecule has 0 bridgehead atoms. The maximum absolute atomic E-state index is 12.1. The summed E-state index contributed by atoms with van der Waals surface area (Å²) in [6.07, 6.45) is 3.29. The fourth-order valence-electron chi connectivity index (χ4n) is 3.79. The average molecular weight is 447 g/mol. The zero-order valence-corrected chi connectivity index (χ0v) is 18.7. The smallest absolute Gasteiger partial charge is 0.330 e. The molecule has 1 saturated heterocycles. The van der Waals surface area contributed by atoms with Gasteiger partial charge in [0, 0.05) is 49.5 Å². The van der Waals surface area contributed by atoms with Crippen molar-refractivity contribution in [3.05, 3.63) is 95.5 Å². The highest BCUT2D eigenvalue weighted by Gasteiger charge is 2.17. The number of nitrogens with zero attached hydrogens (tertiary/aromatic N) is 2. The van der Waals surface area contributed by atoms with Crippen molar-refractivity contribution in [2.24, 2.45) is 0 Å². The predicted octanol–water partition coefficient (Wildman–Crippen LogP) is 5.39. The number of halogens is 1. The molecule has 0 radical (unpaired) electrons. The second kappa shape index (κ2) is 11.0. The van der Waals surface area contributed by atoms with Gasteiger partial charge in [0.25, 0.3) is 0 Å². The lowest BCUT2D eigenvalue weighted by atomic mass is 10.0. The van der Waals surface area contributed by atoms with Gasteiger partial charge in [-0.3, -0.25) is 4.90 Å². The van der Waals surface area contributed by atoms with Crippen LogP contribution in [0.5, 0.6) is 0 Å². The van der Waals surface area contributed by atoms with Gasteiger partial charge in [-0.2, -0.15) is 0 Å². The van der Waals surface area contributed by atoms with Crippen molar-refractivity contribution in [3.63, 3.8) is 0 Å². The Labute approximate surface area is 194 Å². The fourth-order valence-corrected chi connectivity index (χ4v) is 3.91. The quantitative estimate of drug-likeness (QED) is 0.360. The van der Waals surface area contributed by atoms with E-state index in [-0.39, 0.29) is 5.97 Å². The lowest BCUT2D eigenvalue weighted by Gasteiger charge is -2.35. The van der Waals surface area contributed by atoms with Gasteiger partial charge in [0.15, 0.2) is 0 Å². The van der Waals surface area contributed by atoms with Crippen molar-refractivity contribution in [2.45, 2.75) is 0 Å². The summed E-state index contributed by atoms with van der Waals surface area (Å²) in [7, 11) is 0. The molecule has 5 heteroatoms. The number of carbonyl (C=O) groups is 1. The molecule has 0 saturated carbocycles. The van der Waals surface area contributed by atoms with Crippen LogP contribution in [0.1, 0.15) is 5.56 Å². The molecular formula is C27H27ClN2O2. The van der Waals surface area contributed by atoms with Gasteiger partial charge in [0.05, 0.1) is 0 Å². The van der Waals surface area contributed by atoms with Gasteiger partial charge in [-0.05, 0) is 47.0 Å². The summed E-state index contributed by atoms with van der Waals surface area (Å²) in [6, 6.07) is 26.3. The molecule has 1 aliphatic rings. The Morgan fingerprint density at radius 2 is 1.50 bits per heavy atom. The van der Waals surface area contributed by atoms with Crippen LogP contribution in [0.15, 0.2) is 84.9 Å². The summed E-state index contributed by atoms with van der Waals surface area (Å²) >= 11 is 5.97. The summed E-state index contributed by atoms with van der Waals surface area (Å²) in [5.74, 6) is -0.308. The first-order chi connectivity index (χ1) is 15.7. The van der Waals surface area contributed by atoms with Crippen LogP contribution in [0.25, 0.3) is 17.2 Å². The molecule has 0 aromatic heterocycles. The van der Waals surface area contributed by atoms with Crippen LogP contribution in [0.4, 0.5) is 5.69 Å². The molecule has 0 atom stereocenters. The highest BCUT2D eigenvalue weighted by atomic mass is 35.5. The largest absolute Gasteiger partial charge is 0.461 e. The minimum Gasteiger partial charge on any atom is -0.461 e. The molecule has 4 rings (SSSR count). The molecule has 0 unspecified atom stereocenters. The van der Waals surface area contributed by atoms with Gasteiger partial charge >= 0.3 is 5.97 Å². The van der Waals surface area contributed by atoms with Crippen LogP contribution in [-0.2, 0) is 9.53 Å². The number of benzene rings is 3. The Kier molecular flexibility index (Phi) is 7.59. The summed E-state index contributed by atoms with van der Waals surface area (Å²) in [4.78, 5) is 16.7. The van der Waals surface area contributed by atoms with E-state index in [1.807, 2.05) is 42.5 Å². The second-order valence-corrected chi connectivity index (χ2v) is 8.23. The lowest BCUT2D eigenvalue weighted by molar-refractivity contribution is -0.138. The molecule has 0 N–H and O–H groups in total. The van der Waals surface area contributed by atoms with E-state index >= 15 is 0 Å². The van der Waals surface area contributed by atoms with Gasteiger partial charge in [-0.25, -0.2) is 4.79 Å². The number of ether oxygens (including phenoxy) is 1. The first kappa shape index (κ1) is 22.1. The van der Waals surface area contributed by atoms with E-state index < -0.39 is 0 Å². The highest BCUT2D eigenvalue weighted by molar-refractivity contribution is 6.30. The molecule has 0 aliphatic carbocycles. The number of carbonyl (C=O) groups excluding carboxylic acids is 1. The topological polar surface area (TPSA) is 32.8 Å².